The maximum absolute atomic E-state index is 11.7. The third-order valence-corrected chi connectivity index (χ3v) is 1.51. The summed E-state index contributed by atoms with van der Waals surface area (Å²) in [5.74, 6) is -2.90. The molecule has 0 atom stereocenters. The molecule has 1 aromatic heterocycles. The van der Waals surface area contributed by atoms with Crippen LogP contribution in [0.2, 0.25) is 0 Å². The van der Waals surface area contributed by atoms with Crippen LogP contribution in [-0.4, -0.2) is 23.4 Å². The van der Waals surface area contributed by atoms with Gasteiger partial charge in [-0.1, -0.05) is 0 Å². The van der Waals surface area contributed by atoms with Crippen LogP contribution in [0.4, 0.5) is 8.78 Å². The van der Waals surface area contributed by atoms with Gasteiger partial charge >= 0.3 is 12.4 Å². The largest absolute Gasteiger partial charge is 0.475 e. The van der Waals surface area contributed by atoms with Crippen molar-refractivity contribution < 1.29 is 27.9 Å². The van der Waals surface area contributed by atoms with E-state index < -0.39 is 18.3 Å². The molecule has 1 rings (SSSR count). The van der Waals surface area contributed by atoms with Gasteiger partial charge in [-0.25, -0.2) is 4.79 Å². The smallest absolute Gasteiger partial charge is 0.371 e. The topological polar surface area (TPSA) is 79.5 Å². The summed E-state index contributed by atoms with van der Waals surface area (Å²) < 4.78 is 28.2. The first kappa shape index (κ1) is 11.2. The molecule has 1 aromatic rings. The molecule has 0 unspecified atom stereocenters. The minimum absolute atomic E-state index is 0.0985. The SMILES string of the molecule is O=C(O)c1ccc(CNC(=O)C(F)F)o1. The number of alkyl halides is 2. The minimum atomic E-state index is -3.10. The molecule has 15 heavy (non-hydrogen) atoms. The highest BCUT2D eigenvalue weighted by Crippen LogP contribution is 2.07. The Morgan fingerprint density at radius 3 is 2.60 bits per heavy atom. The predicted octanol–water partition coefficient (Wildman–Crippen LogP) is 0.859. The number of nitrogens with one attached hydrogen (secondary N) is 1. The molecule has 0 aromatic carbocycles. The first-order valence-electron chi connectivity index (χ1n) is 3.88. The molecule has 0 radical (unpaired) electrons. The normalized spacial score (nSPS) is 10.3. The molecule has 0 aliphatic heterocycles. The molecule has 0 aliphatic carbocycles. The van der Waals surface area contributed by atoms with Crippen LogP contribution in [0, 0.1) is 0 Å². The fraction of sp³-hybridized carbons (Fsp3) is 0.250. The highest BCUT2D eigenvalue weighted by Gasteiger charge is 2.15. The van der Waals surface area contributed by atoms with E-state index >= 15 is 0 Å². The summed E-state index contributed by atoms with van der Waals surface area (Å²) in [5.41, 5.74) is 0. The average Bonchev–Trinajstić information content (AvgIpc) is 2.62. The molecular formula is C8H7F2NO4. The highest BCUT2D eigenvalue weighted by molar-refractivity contribution is 5.84. The number of furan rings is 1. The van der Waals surface area contributed by atoms with E-state index in [9.17, 15) is 18.4 Å². The molecule has 0 saturated carbocycles. The van der Waals surface area contributed by atoms with Gasteiger partial charge in [0.1, 0.15) is 5.76 Å². The van der Waals surface area contributed by atoms with Crippen molar-refractivity contribution >= 4 is 11.9 Å². The second-order valence-electron chi connectivity index (χ2n) is 2.59. The molecule has 2 N–H and O–H groups in total. The first-order valence-corrected chi connectivity index (χ1v) is 3.88. The lowest BCUT2D eigenvalue weighted by Crippen LogP contribution is -2.28. The number of halogens is 2. The predicted molar refractivity (Wildman–Crippen MR) is 43.5 cm³/mol. The molecule has 7 heteroatoms. The summed E-state index contributed by atoms with van der Waals surface area (Å²) in [6.45, 7) is -0.267. The van der Waals surface area contributed by atoms with E-state index in [4.69, 9.17) is 9.52 Å². The Morgan fingerprint density at radius 1 is 1.47 bits per heavy atom. The standard InChI is InChI=1S/C8H7F2NO4/c9-6(10)7(12)11-3-4-1-2-5(15-4)8(13)14/h1-2,6H,3H2,(H,11,12)(H,13,14). The Balaban J connectivity index is 2.51. The summed E-state index contributed by atoms with van der Waals surface area (Å²) in [4.78, 5) is 20.8. The van der Waals surface area contributed by atoms with Crippen LogP contribution in [0.1, 0.15) is 16.3 Å². The molecule has 82 valence electrons. The molecule has 1 heterocycles. The molecule has 5 nitrogen and oxygen atoms in total. The Hall–Kier alpha value is -1.92. The number of carboxylic acids is 1. The van der Waals surface area contributed by atoms with Crippen LogP contribution in [0.25, 0.3) is 0 Å². The number of amides is 1. The number of hydrogen-bond acceptors (Lipinski definition) is 3. The second kappa shape index (κ2) is 4.54. The van der Waals surface area contributed by atoms with E-state index in [2.05, 4.69) is 0 Å². The zero-order valence-electron chi connectivity index (χ0n) is 7.37. The molecule has 0 spiro atoms. The van der Waals surface area contributed by atoms with Crippen LogP contribution in [0.3, 0.4) is 0 Å². The van der Waals surface area contributed by atoms with Crippen molar-refractivity contribution in [1.82, 2.24) is 5.32 Å². The van der Waals surface area contributed by atoms with Gasteiger partial charge in [-0.15, -0.1) is 0 Å². The molecule has 1 amide bonds. The third kappa shape index (κ3) is 3.04. The number of carbonyl (C=O) groups excluding carboxylic acids is 1. The second-order valence-corrected chi connectivity index (χ2v) is 2.59. The van der Waals surface area contributed by atoms with E-state index in [-0.39, 0.29) is 18.1 Å². The van der Waals surface area contributed by atoms with Gasteiger partial charge in [0.25, 0.3) is 5.91 Å². The van der Waals surface area contributed by atoms with E-state index in [0.717, 1.165) is 0 Å². The number of hydrogen-bond donors (Lipinski definition) is 2. The van der Waals surface area contributed by atoms with Crippen LogP contribution in [-0.2, 0) is 11.3 Å². The van der Waals surface area contributed by atoms with Gasteiger partial charge in [0.05, 0.1) is 6.54 Å². The maximum Gasteiger partial charge on any atom is 0.371 e. The monoisotopic (exact) mass is 219 g/mol. The van der Waals surface area contributed by atoms with Gasteiger partial charge in [-0.2, -0.15) is 8.78 Å². The quantitative estimate of drug-likeness (QED) is 0.787. The van der Waals surface area contributed by atoms with Gasteiger partial charge in [0.15, 0.2) is 0 Å². The first-order chi connectivity index (χ1) is 7.00. The lowest BCUT2D eigenvalue weighted by Gasteiger charge is -2.00. The van der Waals surface area contributed by atoms with Gasteiger partial charge in [-0.3, -0.25) is 4.79 Å². The van der Waals surface area contributed by atoms with Crippen molar-refractivity contribution in [2.45, 2.75) is 13.0 Å². The lowest BCUT2D eigenvalue weighted by molar-refractivity contribution is -0.131. The van der Waals surface area contributed by atoms with Gasteiger partial charge in [0, 0.05) is 0 Å². The van der Waals surface area contributed by atoms with Crippen LogP contribution >= 0.6 is 0 Å². The maximum atomic E-state index is 11.7. The van der Waals surface area contributed by atoms with Crippen LogP contribution in [0.15, 0.2) is 16.5 Å². The lowest BCUT2D eigenvalue weighted by atomic mass is 10.4. The van der Waals surface area contributed by atoms with Gasteiger partial charge in [-0.05, 0) is 12.1 Å². The Labute approximate surface area is 82.7 Å². The van der Waals surface area contributed by atoms with Gasteiger partial charge in [0.2, 0.25) is 5.76 Å². The number of carbonyl (C=O) groups is 2. The Bertz CT molecular complexity index is 374. The summed E-state index contributed by atoms with van der Waals surface area (Å²) in [5, 5.41) is 10.3. The van der Waals surface area contributed by atoms with Crippen molar-refractivity contribution in [3.63, 3.8) is 0 Å². The van der Waals surface area contributed by atoms with Crippen molar-refractivity contribution in [3.05, 3.63) is 23.7 Å². The van der Waals surface area contributed by atoms with E-state index in [1.807, 2.05) is 5.32 Å². The van der Waals surface area contributed by atoms with Crippen molar-refractivity contribution in [2.75, 3.05) is 0 Å². The van der Waals surface area contributed by atoms with Crippen LogP contribution in [0.5, 0.6) is 0 Å². The fourth-order valence-electron chi connectivity index (χ4n) is 0.839. The molecule has 0 fully saturated rings. The Kier molecular flexibility index (Phi) is 3.37. The van der Waals surface area contributed by atoms with E-state index in [1.165, 1.54) is 12.1 Å². The number of carboxylic acid groups (broad SMARTS) is 1. The molecule has 0 aliphatic rings. The van der Waals surface area contributed by atoms with E-state index in [0.29, 0.717) is 0 Å². The Morgan fingerprint density at radius 2 is 2.13 bits per heavy atom. The van der Waals surface area contributed by atoms with E-state index in [1.54, 1.807) is 0 Å². The number of rotatable bonds is 4. The summed E-state index contributed by atoms with van der Waals surface area (Å²) in [6.07, 6.45) is -3.10. The van der Waals surface area contributed by atoms with Gasteiger partial charge < -0.3 is 14.8 Å². The zero-order valence-corrected chi connectivity index (χ0v) is 7.37. The van der Waals surface area contributed by atoms with Crippen molar-refractivity contribution in [3.8, 4) is 0 Å². The zero-order chi connectivity index (χ0) is 11.4. The van der Waals surface area contributed by atoms with Crippen molar-refractivity contribution in [1.29, 1.82) is 0 Å². The molecular weight excluding hydrogens is 212 g/mol. The minimum Gasteiger partial charge on any atom is -0.475 e. The summed E-state index contributed by atoms with van der Waals surface area (Å²) in [6, 6.07) is 2.46. The average molecular weight is 219 g/mol. The highest BCUT2D eigenvalue weighted by atomic mass is 19.3. The molecule has 0 bridgehead atoms. The summed E-state index contributed by atoms with van der Waals surface area (Å²) in [7, 11) is 0. The molecule has 0 saturated heterocycles. The van der Waals surface area contributed by atoms with Crippen molar-refractivity contribution in [2.24, 2.45) is 0 Å². The fourth-order valence-corrected chi connectivity index (χ4v) is 0.839. The number of aromatic carboxylic acids is 1. The van der Waals surface area contributed by atoms with Crippen LogP contribution < -0.4 is 5.32 Å². The third-order valence-electron chi connectivity index (χ3n) is 1.51. The summed E-state index contributed by atoms with van der Waals surface area (Å²) >= 11 is 0.